The minimum Gasteiger partial charge on any atom is -0.366 e. The number of halogens is 1. The fourth-order valence-electron chi connectivity index (χ4n) is 0.782. The zero-order valence-electron chi connectivity index (χ0n) is 6.49. The molecule has 0 heterocycles. The zero-order valence-corrected chi connectivity index (χ0v) is 7.30. The fraction of sp³-hybridized carbons (Fsp3) is 0. The highest BCUT2D eigenvalue weighted by Gasteiger charge is 2.02. The summed E-state index contributed by atoms with van der Waals surface area (Å²) in [6.07, 6.45) is 0. The molecule has 0 unspecified atom stereocenters. The molecule has 2 N–H and O–H groups in total. The third kappa shape index (κ3) is 2.40. The van der Waals surface area contributed by atoms with Crippen molar-refractivity contribution in [3.63, 3.8) is 0 Å². The van der Waals surface area contributed by atoms with Crippen molar-refractivity contribution in [3.05, 3.63) is 42.5 Å². The van der Waals surface area contributed by atoms with Crippen LogP contribution in [0.15, 0.2) is 36.9 Å². The summed E-state index contributed by atoms with van der Waals surface area (Å²) in [6.45, 7) is 3.55. The van der Waals surface area contributed by atoms with E-state index in [1.807, 2.05) is 18.2 Å². The van der Waals surface area contributed by atoms with Gasteiger partial charge >= 0.3 is 0 Å². The molecule has 12 heavy (non-hydrogen) atoms. The van der Waals surface area contributed by atoms with Gasteiger partial charge < -0.3 is 5.73 Å². The minimum absolute atomic E-state index is 0. The van der Waals surface area contributed by atoms with Crippen LogP contribution in [0.1, 0.15) is 5.56 Å². The number of hydrogen-bond donors (Lipinski definition) is 1. The Labute approximate surface area is 77.5 Å². The number of benzene rings is 1. The van der Waals surface area contributed by atoms with Crippen molar-refractivity contribution in [3.8, 4) is 0 Å². The van der Waals surface area contributed by atoms with Gasteiger partial charge in [0, 0.05) is 5.57 Å². The lowest BCUT2D eigenvalue weighted by molar-refractivity contribution is -0.112. The van der Waals surface area contributed by atoms with Gasteiger partial charge in [0.1, 0.15) is 0 Å². The molecule has 0 radical (unpaired) electrons. The lowest BCUT2D eigenvalue weighted by atomic mass is 10.1. The normalized spacial score (nSPS) is 8.33. The topological polar surface area (TPSA) is 43.1 Å². The first-order valence-corrected chi connectivity index (χ1v) is 3.26. The van der Waals surface area contributed by atoms with Crippen molar-refractivity contribution in [2.45, 2.75) is 0 Å². The van der Waals surface area contributed by atoms with Crippen LogP contribution in [-0.2, 0) is 4.79 Å². The molecule has 64 valence electrons. The zero-order chi connectivity index (χ0) is 8.27. The Morgan fingerprint density at radius 3 is 2.17 bits per heavy atom. The Balaban J connectivity index is 0.00000121. The van der Waals surface area contributed by atoms with Crippen LogP contribution in [0.5, 0.6) is 0 Å². The second kappa shape index (κ2) is 4.57. The van der Waals surface area contributed by atoms with Gasteiger partial charge in [0.05, 0.1) is 0 Å². The summed E-state index contributed by atoms with van der Waals surface area (Å²) in [4.78, 5) is 10.6. The molecule has 0 saturated heterocycles. The predicted octanol–water partition coefficient (Wildman–Crippen LogP) is 1.61. The summed E-state index contributed by atoms with van der Waals surface area (Å²) in [7, 11) is 0. The van der Waals surface area contributed by atoms with E-state index in [-0.39, 0.29) is 12.4 Å². The Morgan fingerprint density at radius 2 is 1.75 bits per heavy atom. The van der Waals surface area contributed by atoms with E-state index in [0.29, 0.717) is 5.57 Å². The summed E-state index contributed by atoms with van der Waals surface area (Å²) >= 11 is 0. The number of carbonyl (C=O) groups is 1. The number of carbonyl (C=O) groups excluding carboxylic acids is 1. The smallest absolute Gasteiger partial charge is 0.248 e. The Bertz CT molecular complexity index is 282. The van der Waals surface area contributed by atoms with Crippen molar-refractivity contribution in [1.29, 1.82) is 0 Å². The van der Waals surface area contributed by atoms with Crippen LogP contribution >= 0.6 is 12.4 Å². The molecule has 1 aromatic rings. The summed E-state index contributed by atoms with van der Waals surface area (Å²) in [5.74, 6) is -0.476. The molecule has 1 rings (SSSR count). The van der Waals surface area contributed by atoms with Crippen LogP contribution in [0.4, 0.5) is 0 Å². The number of amides is 1. The van der Waals surface area contributed by atoms with E-state index < -0.39 is 5.91 Å². The molecule has 0 bridgehead atoms. The van der Waals surface area contributed by atoms with Crippen LogP contribution in [0, 0.1) is 0 Å². The summed E-state index contributed by atoms with van der Waals surface area (Å²) in [6, 6.07) is 9.14. The number of hydrogen-bond acceptors (Lipinski definition) is 1. The van der Waals surface area contributed by atoms with Gasteiger partial charge in [-0.3, -0.25) is 4.79 Å². The molecule has 0 aromatic heterocycles. The molecule has 0 aliphatic rings. The van der Waals surface area contributed by atoms with E-state index >= 15 is 0 Å². The predicted molar refractivity (Wildman–Crippen MR) is 51.9 cm³/mol. The first-order chi connectivity index (χ1) is 5.22. The van der Waals surface area contributed by atoms with Crippen LogP contribution < -0.4 is 5.73 Å². The maximum atomic E-state index is 10.6. The van der Waals surface area contributed by atoms with Gasteiger partial charge in [0.25, 0.3) is 0 Å². The molecule has 0 aliphatic carbocycles. The standard InChI is InChI=1S/C9H9NO.ClH/c1-7(9(10)11)8-5-3-2-4-6-8;/h2-6H,1H2,(H2,10,11);1H. The highest BCUT2D eigenvalue weighted by Crippen LogP contribution is 2.09. The van der Waals surface area contributed by atoms with Gasteiger partial charge in [-0.15, -0.1) is 12.4 Å². The van der Waals surface area contributed by atoms with Gasteiger partial charge in [0.15, 0.2) is 0 Å². The summed E-state index contributed by atoms with van der Waals surface area (Å²) in [5, 5.41) is 0. The first kappa shape index (κ1) is 10.7. The molecule has 0 aliphatic heterocycles. The third-order valence-corrected chi connectivity index (χ3v) is 1.42. The maximum Gasteiger partial charge on any atom is 0.248 e. The largest absolute Gasteiger partial charge is 0.366 e. The molecule has 0 atom stereocenters. The number of primary amides is 1. The van der Waals surface area contributed by atoms with E-state index in [2.05, 4.69) is 6.58 Å². The average Bonchev–Trinajstić information content (AvgIpc) is 2.05. The second-order valence-corrected chi connectivity index (χ2v) is 2.21. The summed E-state index contributed by atoms with van der Waals surface area (Å²) in [5.41, 5.74) is 6.16. The van der Waals surface area contributed by atoms with Crippen LogP contribution in [0.25, 0.3) is 5.57 Å². The monoisotopic (exact) mass is 183 g/mol. The van der Waals surface area contributed by atoms with Crippen LogP contribution in [-0.4, -0.2) is 5.91 Å². The average molecular weight is 184 g/mol. The third-order valence-electron chi connectivity index (χ3n) is 1.42. The van der Waals surface area contributed by atoms with Crippen molar-refractivity contribution < 1.29 is 4.79 Å². The van der Waals surface area contributed by atoms with Crippen LogP contribution in [0.3, 0.4) is 0 Å². The number of nitrogens with two attached hydrogens (primary N) is 1. The highest BCUT2D eigenvalue weighted by atomic mass is 35.5. The Morgan fingerprint density at radius 1 is 1.25 bits per heavy atom. The lowest BCUT2D eigenvalue weighted by Crippen LogP contribution is -2.11. The van der Waals surface area contributed by atoms with E-state index in [9.17, 15) is 4.79 Å². The molecule has 1 aromatic carbocycles. The van der Waals surface area contributed by atoms with Gasteiger partial charge in [0.2, 0.25) is 5.91 Å². The van der Waals surface area contributed by atoms with Gasteiger partial charge in [-0.05, 0) is 5.56 Å². The van der Waals surface area contributed by atoms with E-state index in [0.717, 1.165) is 5.56 Å². The fourth-order valence-corrected chi connectivity index (χ4v) is 0.782. The molecule has 0 saturated carbocycles. The highest BCUT2D eigenvalue weighted by molar-refractivity contribution is 6.17. The van der Waals surface area contributed by atoms with Crippen molar-refractivity contribution in [1.82, 2.24) is 0 Å². The summed E-state index contributed by atoms with van der Waals surface area (Å²) < 4.78 is 0. The molecule has 3 heteroatoms. The van der Waals surface area contributed by atoms with Crippen molar-refractivity contribution in [2.24, 2.45) is 5.73 Å². The van der Waals surface area contributed by atoms with Gasteiger partial charge in [-0.25, -0.2) is 0 Å². The van der Waals surface area contributed by atoms with E-state index in [1.54, 1.807) is 12.1 Å². The first-order valence-electron chi connectivity index (χ1n) is 3.26. The van der Waals surface area contributed by atoms with Crippen LogP contribution in [0.2, 0.25) is 0 Å². The van der Waals surface area contributed by atoms with Gasteiger partial charge in [-0.1, -0.05) is 36.9 Å². The van der Waals surface area contributed by atoms with Crippen molar-refractivity contribution in [2.75, 3.05) is 0 Å². The van der Waals surface area contributed by atoms with E-state index in [4.69, 9.17) is 5.73 Å². The molecule has 0 fully saturated rings. The molecule has 0 spiro atoms. The molecule has 2 nitrogen and oxygen atoms in total. The maximum absolute atomic E-state index is 10.6. The number of rotatable bonds is 2. The van der Waals surface area contributed by atoms with Crippen molar-refractivity contribution >= 4 is 23.9 Å². The quantitative estimate of drug-likeness (QED) is 0.696. The molecule has 1 amide bonds. The second-order valence-electron chi connectivity index (χ2n) is 2.21. The van der Waals surface area contributed by atoms with E-state index in [1.165, 1.54) is 0 Å². The lowest BCUT2D eigenvalue weighted by Gasteiger charge is -1.98. The van der Waals surface area contributed by atoms with Gasteiger partial charge in [-0.2, -0.15) is 0 Å². The Hall–Kier alpha value is -1.28. The minimum atomic E-state index is -0.476. The Kier molecular flexibility index (Phi) is 4.08. The molecular formula is C9H10ClNO. The SMILES string of the molecule is C=C(C(N)=O)c1ccccc1.Cl. The molecular weight excluding hydrogens is 174 g/mol.